The molecular weight excluding hydrogens is 416 g/mol. The minimum absolute atomic E-state index is 0.00662. The number of aromatic nitrogens is 1. The van der Waals surface area contributed by atoms with E-state index in [-0.39, 0.29) is 23.5 Å². The van der Waals surface area contributed by atoms with E-state index in [9.17, 15) is 13.2 Å². The number of H-pyrrole nitrogens is 1. The van der Waals surface area contributed by atoms with E-state index < -0.39 is 10.0 Å². The zero-order valence-electron chi connectivity index (χ0n) is 16.8. The van der Waals surface area contributed by atoms with Gasteiger partial charge in [0.15, 0.2) is 0 Å². The molecular formula is C23H22N2O3S2. The van der Waals surface area contributed by atoms with Crippen LogP contribution in [-0.2, 0) is 23.1 Å². The molecule has 0 unspecified atom stereocenters. The van der Waals surface area contributed by atoms with Crippen molar-refractivity contribution in [1.29, 1.82) is 0 Å². The molecule has 0 atom stereocenters. The molecule has 2 aromatic heterocycles. The zero-order chi connectivity index (χ0) is 21.3. The number of hydrogen-bond donors (Lipinski definition) is 1. The van der Waals surface area contributed by atoms with Crippen LogP contribution < -0.4 is 5.56 Å². The first-order valence-electron chi connectivity index (χ1n) is 9.56. The fourth-order valence-electron chi connectivity index (χ4n) is 3.42. The predicted octanol–water partition coefficient (Wildman–Crippen LogP) is 4.60. The van der Waals surface area contributed by atoms with Crippen molar-refractivity contribution in [2.75, 3.05) is 0 Å². The van der Waals surface area contributed by atoms with E-state index in [0.717, 1.165) is 26.9 Å². The first kappa shape index (κ1) is 20.5. The molecule has 2 heterocycles. The minimum atomic E-state index is -3.77. The molecule has 2 aromatic carbocycles. The monoisotopic (exact) mass is 438 g/mol. The Labute approximate surface area is 179 Å². The number of nitrogens with zero attached hydrogens (tertiary/aromatic N) is 1. The van der Waals surface area contributed by atoms with Crippen molar-refractivity contribution in [1.82, 2.24) is 9.29 Å². The van der Waals surface area contributed by atoms with Crippen LogP contribution in [0.3, 0.4) is 0 Å². The van der Waals surface area contributed by atoms with Crippen LogP contribution in [0.5, 0.6) is 0 Å². The second kappa shape index (κ2) is 8.18. The first-order valence-corrected chi connectivity index (χ1v) is 11.9. The van der Waals surface area contributed by atoms with Gasteiger partial charge in [-0.15, -0.1) is 11.3 Å². The lowest BCUT2D eigenvalue weighted by Gasteiger charge is -2.22. The third-order valence-electron chi connectivity index (χ3n) is 5.27. The Bertz CT molecular complexity index is 1340. The number of pyridine rings is 1. The maximum Gasteiger partial charge on any atom is 0.252 e. The van der Waals surface area contributed by atoms with Gasteiger partial charge >= 0.3 is 0 Å². The van der Waals surface area contributed by atoms with Crippen LogP contribution in [0.1, 0.15) is 21.6 Å². The zero-order valence-corrected chi connectivity index (χ0v) is 18.4. The Morgan fingerprint density at radius 3 is 2.43 bits per heavy atom. The maximum absolute atomic E-state index is 13.4. The van der Waals surface area contributed by atoms with E-state index in [2.05, 4.69) is 4.98 Å². The molecule has 0 bridgehead atoms. The van der Waals surface area contributed by atoms with Gasteiger partial charge in [0.2, 0.25) is 10.0 Å². The van der Waals surface area contributed by atoms with E-state index in [0.29, 0.717) is 5.56 Å². The smallest absolute Gasteiger partial charge is 0.252 e. The van der Waals surface area contributed by atoms with Crippen LogP contribution in [0.15, 0.2) is 75.7 Å². The summed E-state index contributed by atoms with van der Waals surface area (Å²) in [6.45, 7) is 4.17. The Kier molecular flexibility index (Phi) is 5.60. The summed E-state index contributed by atoms with van der Waals surface area (Å²) >= 11 is 1.49. The largest absolute Gasteiger partial charge is 0.321 e. The fraction of sp³-hybridized carbons (Fsp3) is 0.174. The molecule has 0 saturated heterocycles. The number of nitrogens with one attached hydrogen (secondary N) is 1. The summed E-state index contributed by atoms with van der Waals surface area (Å²) in [6, 6.07) is 17.9. The third kappa shape index (κ3) is 3.96. The number of rotatable bonds is 6. The first-order chi connectivity index (χ1) is 14.4. The molecule has 30 heavy (non-hydrogen) atoms. The number of fused-ring (bicyclic) bond motifs is 1. The summed E-state index contributed by atoms with van der Waals surface area (Å²) in [7, 11) is -3.77. The van der Waals surface area contributed by atoms with Crippen molar-refractivity contribution in [3.63, 3.8) is 0 Å². The van der Waals surface area contributed by atoms with Crippen molar-refractivity contribution in [3.8, 4) is 0 Å². The Morgan fingerprint density at radius 1 is 0.967 bits per heavy atom. The van der Waals surface area contributed by atoms with Gasteiger partial charge in [-0.25, -0.2) is 8.42 Å². The molecule has 0 fully saturated rings. The summed E-state index contributed by atoms with van der Waals surface area (Å²) in [4.78, 5) is 16.9. The highest BCUT2D eigenvalue weighted by Crippen LogP contribution is 2.24. The van der Waals surface area contributed by atoms with Gasteiger partial charge in [-0.1, -0.05) is 36.4 Å². The van der Waals surface area contributed by atoms with E-state index in [1.165, 1.54) is 15.6 Å². The lowest BCUT2D eigenvalue weighted by molar-refractivity contribution is 0.402. The Hall–Kier alpha value is -2.74. The van der Waals surface area contributed by atoms with Crippen molar-refractivity contribution in [2.24, 2.45) is 0 Å². The molecule has 0 aliphatic rings. The predicted molar refractivity (Wildman–Crippen MR) is 121 cm³/mol. The van der Waals surface area contributed by atoms with Gasteiger partial charge in [-0.05, 0) is 60.0 Å². The lowest BCUT2D eigenvalue weighted by Crippen LogP contribution is -2.32. The van der Waals surface area contributed by atoms with Gasteiger partial charge in [-0.3, -0.25) is 4.79 Å². The molecule has 1 N–H and O–H groups in total. The van der Waals surface area contributed by atoms with Crippen LogP contribution in [0.4, 0.5) is 0 Å². The second-order valence-corrected chi connectivity index (χ2v) is 10.2. The molecule has 7 heteroatoms. The van der Waals surface area contributed by atoms with Crippen LogP contribution >= 0.6 is 11.3 Å². The van der Waals surface area contributed by atoms with Crippen LogP contribution in [0, 0.1) is 13.8 Å². The molecule has 0 amide bonds. The van der Waals surface area contributed by atoms with Crippen molar-refractivity contribution < 1.29 is 8.42 Å². The molecule has 4 rings (SSSR count). The van der Waals surface area contributed by atoms with E-state index >= 15 is 0 Å². The fourth-order valence-corrected chi connectivity index (χ4v) is 5.64. The number of sulfonamides is 1. The molecule has 5 nitrogen and oxygen atoms in total. The average Bonchev–Trinajstić information content (AvgIpc) is 3.25. The molecule has 0 saturated carbocycles. The van der Waals surface area contributed by atoms with E-state index in [1.54, 1.807) is 36.4 Å². The summed E-state index contributed by atoms with van der Waals surface area (Å²) in [5, 5.41) is 2.80. The van der Waals surface area contributed by atoms with Crippen molar-refractivity contribution in [3.05, 3.63) is 98.0 Å². The van der Waals surface area contributed by atoms with Crippen molar-refractivity contribution in [2.45, 2.75) is 31.8 Å². The normalized spacial score (nSPS) is 12.0. The van der Waals surface area contributed by atoms with E-state index in [1.807, 2.05) is 43.5 Å². The van der Waals surface area contributed by atoms with Gasteiger partial charge in [0.05, 0.1) is 10.4 Å². The molecule has 0 aliphatic heterocycles. The number of thiophene rings is 1. The van der Waals surface area contributed by atoms with Gasteiger partial charge in [-0.2, -0.15) is 4.31 Å². The molecule has 0 radical (unpaired) electrons. The van der Waals surface area contributed by atoms with Crippen LogP contribution in [0.25, 0.3) is 10.9 Å². The second-order valence-electron chi connectivity index (χ2n) is 7.26. The Balaban J connectivity index is 1.78. The molecule has 4 aromatic rings. The average molecular weight is 439 g/mol. The number of aryl methyl sites for hydroxylation is 2. The summed E-state index contributed by atoms with van der Waals surface area (Å²) in [5.41, 5.74) is 3.05. The molecule has 0 aliphatic carbocycles. The minimum Gasteiger partial charge on any atom is -0.321 e. The number of benzene rings is 2. The number of hydrogen-bond acceptors (Lipinski definition) is 4. The highest BCUT2D eigenvalue weighted by atomic mass is 32.2. The molecule has 154 valence electrons. The number of aromatic amines is 1. The van der Waals surface area contributed by atoms with Crippen LogP contribution in [0.2, 0.25) is 0 Å². The third-order valence-corrected chi connectivity index (χ3v) is 7.94. The van der Waals surface area contributed by atoms with E-state index in [4.69, 9.17) is 0 Å². The van der Waals surface area contributed by atoms with Gasteiger partial charge in [0.1, 0.15) is 0 Å². The van der Waals surface area contributed by atoms with Gasteiger partial charge < -0.3 is 4.98 Å². The lowest BCUT2D eigenvalue weighted by atomic mass is 10.0. The van der Waals surface area contributed by atoms with Gasteiger partial charge in [0.25, 0.3) is 5.56 Å². The summed E-state index contributed by atoms with van der Waals surface area (Å²) in [5.74, 6) is 0. The van der Waals surface area contributed by atoms with Crippen molar-refractivity contribution >= 4 is 32.3 Å². The Morgan fingerprint density at radius 2 is 1.73 bits per heavy atom. The van der Waals surface area contributed by atoms with Crippen LogP contribution in [-0.4, -0.2) is 17.7 Å². The highest BCUT2D eigenvalue weighted by Gasteiger charge is 2.26. The maximum atomic E-state index is 13.4. The standard InChI is InChI=1S/C23H22N2O3S2/c1-16-10-11-18-13-19(23(26)24-22(18)17(16)2)14-25(15-20-7-6-12-29-20)30(27,28)21-8-4-3-5-9-21/h3-13H,14-15H2,1-2H3,(H,24,26). The quantitative estimate of drug-likeness (QED) is 0.478. The summed E-state index contributed by atoms with van der Waals surface area (Å²) in [6.07, 6.45) is 0. The SMILES string of the molecule is Cc1ccc2cc(CN(Cc3cccs3)S(=O)(=O)c3ccccc3)c(=O)[nH]c2c1C. The summed E-state index contributed by atoms with van der Waals surface area (Å²) < 4.78 is 28.1. The molecule has 0 spiro atoms. The highest BCUT2D eigenvalue weighted by molar-refractivity contribution is 7.89. The van der Waals surface area contributed by atoms with Gasteiger partial charge in [0, 0.05) is 23.5 Å². The topological polar surface area (TPSA) is 70.2 Å².